The van der Waals surface area contributed by atoms with E-state index in [9.17, 15) is 13.2 Å². The maximum Gasteiger partial charge on any atom is 0.322 e. The second-order valence-corrected chi connectivity index (χ2v) is 7.13. The Hall–Kier alpha value is 1.02. The van der Waals surface area contributed by atoms with Crippen molar-refractivity contribution < 1.29 is 17.4 Å². The average molecular weight is 361 g/mol. The van der Waals surface area contributed by atoms with Crippen molar-refractivity contribution in [3.05, 3.63) is 0 Å². The molecule has 0 spiro atoms. The SMILES string of the molecule is CCCCCCCCCCCCC(=O)OS(=O)(=O)CCN.[K]. The molecule has 0 amide bonds. The molecule has 0 unspecified atom stereocenters. The van der Waals surface area contributed by atoms with Crippen molar-refractivity contribution >= 4 is 67.5 Å². The topological polar surface area (TPSA) is 86.5 Å². The van der Waals surface area contributed by atoms with Crippen molar-refractivity contribution in [2.45, 2.75) is 77.6 Å². The summed E-state index contributed by atoms with van der Waals surface area (Å²) < 4.78 is 26.8. The summed E-state index contributed by atoms with van der Waals surface area (Å²) in [5, 5.41) is 0. The standard InChI is InChI=1S/C15H31NO4S.K/c1-2-3-4-5-6-7-8-9-10-11-12-15(17)20-21(18,19)14-13-16;/h2-14,16H2,1H3;. The van der Waals surface area contributed by atoms with Gasteiger partial charge in [-0.25, -0.2) is 0 Å². The molecule has 0 aromatic carbocycles. The van der Waals surface area contributed by atoms with Crippen molar-refractivity contribution in [3.8, 4) is 0 Å². The van der Waals surface area contributed by atoms with Crippen molar-refractivity contribution in [2.24, 2.45) is 5.73 Å². The fourth-order valence-corrected chi connectivity index (χ4v) is 2.86. The van der Waals surface area contributed by atoms with Crippen molar-refractivity contribution in [1.29, 1.82) is 0 Å². The number of rotatable bonds is 14. The van der Waals surface area contributed by atoms with Gasteiger partial charge in [-0.05, 0) is 6.42 Å². The number of hydrogen-bond acceptors (Lipinski definition) is 5. The fraction of sp³-hybridized carbons (Fsp3) is 0.933. The molecule has 7 heteroatoms. The van der Waals surface area contributed by atoms with Crippen LogP contribution in [-0.2, 0) is 19.1 Å². The summed E-state index contributed by atoms with van der Waals surface area (Å²) in [6.07, 6.45) is 11.9. The first-order valence-corrected chi connectivity index (χ1v) is 9.74. The van der Waals surface area contributed by atoms with Crippen molar-refractivity contribution in [2.75, 3.05) is 12.3 Å². The molecule has 0 saturated carbocycles. The first-order chi connectivity index (χ1) is 10.0. The van der Waals surface area contributed by atoms with Crippen LogP contribution in [0.2, 0.25) is 0 Å². The molecule has 127 valence electrons. The minimum absolute atomic E-state index is 0. The Morgan fingerprint density at radius 2 is 1.36 bits per heavy atom. The van der Waals surface area contributed by atoms with Crippen LogP contribution in [0, 0.1) is 0 Å². The van der Waals surface area contributed by atoms with Crippen LogP contribution in [-0.4, -0.2) is 78.1 Å². The predicted octanol–water partition coefficient (Wildman–Crippen LogP) is 2.75. The molecule has 0 bridgehead atoms. The molecule has 0 aliphatic rings. The van der Waals surface area contributed by atoms with Gasteiger partial charge in [0, 0.05) is 64.4 Å². The molecule has 0 heterocycles. The van der Waals surface area contributed by atoms with Crippen molar-refractivity contribution in [3.63, 3.8) is 0 Å². The molecular formula is C15H31KNO4S. The number of nitrogens with two attached hydrogens (primary N) is 1. The van der Waals surface area contributed by atoms with Crippen LogP contribution in [0.25, 0.3) is 0 Å². The van der Waals surface area contributed by atoms with Crippen LogP contribution in [0.1, 0.15) is 77.6 Å². The van der Waals surface area contributed by atoms with Gasteiger partial charge >= 0.3 is 16.1 Å². The zero-order chi connectivity index (χ0) is 16.0. The zero-order valence-electron chi connectivity index (χ0n) is 14.3. The summed E-state index contributed by atoms with van der Waals surface area (Å²) in [7, 11) is -3.77. The molecule has 0 aromatic rings. The van der Waals surface area contributed by atoms with E-state index in [1.807, 2.05) is 0 Å². The Morgan fingerprint density at radius 1 is 0.909 bits per heavy atom. The summed E-state index contributed by atoms with van der Waals surface area (Å²) in [6.45, 7) is 2.18. The van der Waals surface area contributed by atoms with Crippen LogP contribution >= 0.6 is 0 Å². The first-order valence-electron chi connectivity index (χ1n) is 8.17. The minimum Gasteiger partial charge on any atom is -0.346 e. The van der Waals surface area contributed by atoms with Gasteiger partial charge < -0.3 is 9.92 Å². The van der Waals surface area contributed by atoms with Gasteiger partial charge in [-0.3, -0.25) is 4.79 Å². The van der Waals surface area contributed by atoms with Gasteiger partial charge in [0.05, 0.1) is 5.75 Å². The Kier molecular flexibility index (Phi) is 19.4. The third-order valence-corrected chi connectivity index (χ3v) is 4.50. The second-order valence-electron chi connectivity index (χ2n) is 5.44. The van der Waals surface area contributed by atoms with E-state index >= 15 is 0 Å². The monoisotopic (exact) mass is 360 g/mol. The average Bonchev–Trinajstić information content (AvgIpc) is 2.40. The summed E-state index contributed by atoms with van der Waals surface area (Å²) in [4.78, 5) is 11.3. The maximum absolute atomic E-state index is 11.3. The zero-order valence-corrected chi connectivity index (χ0v) is 18.3. The molecule has 0 saturated heterocycles. The van der Waals surface area contributed by atoms with Gasteiger partial charge in [0.25, 0.3) is 0 Å². The Balaban J connectivity index is 0. The van der Waals surface area contributed by atoms with Crippen molar-refractivity contribution in [1.82, 2.24) is 0 Å². The third kappa shape index (κ3) is 17.4. The summed E-state index contributed by atoms with van der Waals surface area (Å²) in [6, 6.07) is 0. The van der Waals surface area contributed by atoms with Gasteiger partial charge in [0.15, 0.2) is 0 Å². The van der Waals surface area contributed by atoms with E-state index in [-0.39, 0.29) is 70.1 Å². The molecule has 2 N–H and O–H groups in total. The van der Waals surface area contributed by atoms with E-state index in [0.29, 0.717) is 6.42 Å². The Labute approximate surface area is 178 Å². The van der Waals surface area contributed by atoms with E-state index < -0.39 is 16.1 Å². The Morgan fingerprint density at radius 3 is 1.82 bits per heavy atom. The molecular weight excluding hydrogens is 329 g/mol. The van der Waals surface area contributed by atoms with E-state index in [0.717, 1.165) is 12.8 Å². The summed E-state index contributed by atoms with van der Waals surface area (Å²) >= 11 is 0. The van der Waals surface area contributed by atoms with Gasteiger partial charge in [-0.2, -0.15) is 8.42 Å². The largest absolute Gasteiger partial charge is 0.346 e. The normalized spacial score (nSPS) is 11.0. The first kappa shape index (κ1) is 25.3. The third-order valence-electron chi connectivity index (χ3n) is 3.32. The molecule has 0 aliphatic carbocycles. The quantitative estimate of drug-likeness (QED) is 0.292. The summed E-state index contributed by atoms with van der Waals surface area (Å²) in [5.41, 5.74) is 5.13. The number of unbranched alkanes of at least 4 members (excludes halogenated alkanes) is 9. The smallest absolute Gasteiger partial charge is 0.322 e. The summed E-state index contributed by atoms with van der Waals surface area (Å²) in [5.74, 6) is -0.973. The van der Waals surface area contributed by atoms with Crippen LogP contribution < -0.4 is 5.73 Å². The minimum atomic E-state index is -3.77. The van der Waals surface area contributed by atoms with Gasteiger partial charge in [0.2, 0.25) is 0 Å². The maximum atomic E-state index is 11.3. The molecule has 22 heavy (non-hydrogen) atoms. The molecule has 0 aromatic heterocycles. The molecule has 0 rings (SSSR count). The van der Waals surface area contributed by atoms with E-state index in [1.54, 1.807) is 0 Å². The number of carbonyl (C=O) groups is 1. The van der Waals surface area contributed by atoms with Crippen LogP contribution in [0.4, 0.5) is 0 Å². The van der Waals surface area contributed by atoms with Crippen LogP contribution in [0.3, 0.4) is 0 Å². The molecule has 5 nitrogen and oxygen atoms in total. The van der Waals surface area contributed by atoms with E-state index in [4.69, 9.17) is 5.73 Å². The fourth-order valence-electron chi connectivity index (χ4n) is 2.13. The molecule has 0 atom stereocenters. The molecule has 1 radical (unpaired) electrons. The number of hydrogen-bond donors (Lipinski definition) is 1. The number of carbonyl (C=O) groups excluding carboxylic acids is 1. The van der Waals surface area contributed by atoms with E-state index in [1.165, 1.54) is 44.9 Å². The van der Waals surface area contributed by atoms with E-state index in [2.05, 4.69) is 11.1 Å². The van der Waals surface area contributed by atoms with Crippen LogP contribution in [0.15, 0.2) is 0 Å². The molecule has 0 aliphatic heterocycles. The van der Waals surface area contributed by atoms with Crippen LogP contribution in [0.5, 0.6) is 0 Å². The Bertz CT molecular complexity index is 361. The predicted molar refractivity (Wildman–Crippen MR) is 91.1 cm³/mol. The van der Waals surface area contributed by atoms with Gasteiger partial charge in [-0.15, -0.1) is 0 Å². The molecule has 0 fully saturated rings. The van der Waals surface area contributed by atoms with Gasteiger partial charge in [-0.1, -0.05) is 64.7 Å². The second kappa shape index (κ2) is 16.9. The van der Waals surface area contributed by atoms with Gasteiger partial charge in [0.1, 0.15) is 0 Å².